The number of nitrogens with one attached hydrogen (secondary N) is 1. The van der Waals surface area contributed by atoms with Gasteiger partial charge in [0.2, 0.25) is 11.8 Å². The van der Waals surface area contributed by atoms with Crippen molar-refractivity contribution in [3.8, 4) is 5.75 Å². The summed E-state index contributed by atoms with van der Waals surface area (Å²) in [6.45, 7) is 3.11. The van der Waals surface area contributed by atoms with Crippen LogP contribution in [0, 0.1) is 5.92 Å². The molecule has 6 heteroatoms. The molecule has 0 aliphatic carbocycles. The number of piperidine rings is 1. The van der Waals surface area contributed by atoms with Crippen LogP contribution in [-0.2, 0) is 16.1 Å². The molecule has 1 fully saturated rings. The van der Waals surface area contributed by atoms with Gasteiger partial charge >= 0.3 is 0 Å². The van der Waals surface area contributed by atoms with Crippen molar-refractivity contribution in [1.82, 2.24) is 15.2 Å². The Morgan fingerprint density at radius 1 is 1.24 bits per heavy atom. The lowest BCUT2D eigenvalue weighted by molar-refractivity contribution is -0.143. The van der Waals surface area contributed by atoms with Gasteiger partial charge in [0.1, 0.15) is 5.75 Å². The number of benzene rings is 1. The number of nitrogens with zero attached hydrogens (tertiary/aromatic N) is 2. The number of pyridine rings is 1. The third-order valence-corrected chi connectivity index (χ3v) is 5.42. The zero-order valence-electron chi connectivity index (χ0n) is 17.1. The summed E-state index contributed by atoms with van der Waals surface area (Å²) in [4.78, 5) is 32.1. The van der Waals surface area contributed by atoms with Crippen LogP contribution in [-0.4, -0.2) is 35.4 Å². The van der Waals surface area contributed by atoms with E-state index in [2.05, 4.69) is 17.2 Å². The molecule has 0 bridgehead atoms. The Balaban J connectivity index is 1.88. The maximum absolute atomic E-state index is 13.2. The van der Waals surface area contributed by atoms with Crippen molar-refractivity contribution in [2.24, 2.45) is 5.92 Å². The van der Waals surface area contributed by atoms with E-state index in [1.165, 1.54) is 0 Å². The SMILES string of the molecule is CCCCN1C(=O)CCC(C(=O)NCc2ccccn2)C1c1ccccc1OC. The molecule has 6 nitrogen and oxygen atoms in total. The molecule has 0 spiro atoms. The van der Waals surface area contributed by atoms with Crippen LogP contribution in [0.15, 0.2) is 48.7 Å². The number of carbonyl (C=O) groups is 2. The highest BCUT2D eigenvalue weighted by molar-refractivity contribution is 5.85. The summed E-state index contributed by atoms with van der Waals surface area (Å²) in [6, 6.07) is 13.0. The third kappa shape index (κ3) is 4.94. The second kappa shape index (κ2) is 10.0. The Labute approximate surface area is 172 Å². The van der Waals surface area contributed by atoms with Gasteiger partial charge in [-0.05, 0) is 31.0 Å². The molecular weight excluding hydrogens is 366 g/mol. The monoisotopic (exact) mass is 395 g/mol. The van der Waals surface area contributed by atoms with Gasteiger partial charge in [-0.3, -0.25) is 14.6 Å². The minimum atomic E-state index is -0.331. The summed E-state index contributed by atoms with van der Waals surface area (Å²) in [6.07, 6.45) is 4.51. The second-order valence-corrected chi connectivity index (χ2v) is 7.31. The number of hydrogen-bond acceptors (Lipinski definition) is 4. The molecule has 3 rings (SSSR count). The number of methoxy groups -OCH3 is 1. The second-order valence-electron chi connectivity index (χ2n) is 7.31. The Morgan fingerprint density at radius 3 is 2.76 bits per heavy atom. The first-order chi connectivity index (χ1) is 14.2. The lowest BCUT2D eigenvalue weighted by atomic mass is 9.83. The summed E-state index contributed by atoms with van der Waals surface area (Å²) in [7, 11) is 1.62. The molecule has 1 aliphatic heterocycles. The first-order valence-corrected chi connectivity index (χ1v) is 10.3. The van der Waals surface area contributed by atoms with Crippen LogP contribution in [0.4, 0.5) is 0 Å². The quantitative estimate of drug-likeness (QED) is 0.743. The van der Waals surface area contributed by atoms with Crippen molar-refractivity contribution in [2.75, 3.05) is 13.7 Å². The van der Waals surface area contributed by atoms with Crippen LogP contribution in [0.2, 0.25) is 0 Å². The average Bonchev–Trinajstić information content (AvgIpc) is 2.77. The number of carbonyl (C=O) groups excluding carboxylic acids is 2. The number of rotatable bonds is 8. The fourth-order valence-corrected chi connectivity index (χ4v) is 3.93. The molecule has 29 heavy (non-hydrogen) atoms. The molecule has 1 N–H and O–H groups in total. The van der Waals surface area contributed by atoms with E-state index in [4.69, 9.17) is 4.74 Å². The standard InChI is InChI=1S/C23H29N3O3/c1-3-4-15-26-21(27)13-12-19(22(26)18-10-5-6-11-20(18)29-2)23(28)25-16-17-9-7-8-14-24-17/h5-11,14,19,22H,3-4,12-13,15-16H2,1-2H3,(H,25,28). The van der Waals surface area contributed by atoms with E-state index in [0.717, 1.165) is 24.1 Å². The molecule has 2 aromatic rings. The van der Waals surface area contributed by atoms with Crippen molar-refractivity contribution in [3.63, 3.8) is 0 Å². The first-order valence-electron chi connectivity index (χ1n) is 10.3. The van der Waals surface area contributed by atoms with E-state index < -0.39 is 0 Å². The Morgan fingerprint density at radius 2 is 2.03 bits per heavy atom. The van der Waals surface area contributed by atoms with E-state index in [0.29, 0.717) is 31.7 Å². The van der Waals surface area contributed by atoms with E-state index in [9.17, 15) is 9.59 Å². The summed E-state index contributed by atoms with van der Waals surface area (Å²) in [5, 5.41) is 3.02. The normalized spacial score (nSPS) is 19.1. The smallest absolute Gasteiger partial charge is 0.225 e. The van der Waals surface area contributed by atoms with Crippen LogP contribution in [0.25, 0.3) is 0 Å². The number of para-hydroxylation sites is 1. The molecule has 1 aromatic heterocycles. The zero-order valence-corrected chi connectivity index (χ0v) is 17.1. The Hall–Kier alpha value is -2.89. The van der Waals surface area contributed by atoms with Gasteiger partial charge in [-0.15, -0.1) is 0 Å². The molecule has 154 valence electrons. The van der Waals surface area contributed by atoms with Crippen LogP contribution >= 0.6 is 0 Å². The predicted molar refractivity (Wildman–Crippen MR) is 111 cm³/mol. The highest BCUT2D eigenvalue weighted by Crippen LogP contribution is 2.40. The third-order valence-electron chi connectivity index (χ3n) is 5.42. The topological polar surface area (TPSA) is 71.5 Å². The van der Waals surface area contributed by atoms with Gasteiger partial charge in [-0.1, -0.05) is 37.6 Å². The van der Waals surface area contributed by atoms with Crippen molar-refractivity contribution >= 4 is 11.8 Å². The minimum Gasteiger partial charge on any atom is -0.496 e. The number of aromatic nitrogens is 1. The number of amides is 2. The van der Waals surface area contributed by atoms with E-state index in [-0.39, 0.29) is 23.8 Å². The average molecular weight is 396 g/mol. The highest BCUT2D eigenvalue weighted by Gasteiger charge is 2.41. The Bertz CT molecular complexity index is 825. The molecule has 0 radical (unpaired) electrons. The molecule has 2 heterocycles. The molecule has 1 aliphatic rings. The number of ether oxygens (including phenoxy) is 1. The van der Waals surface area contributed by atoms with Gasteiger partial charge in [0.25, 0.3) is 0 Å². The van der Waals surface area contributed by atoms with Crippen LogP contribution < -0.4 is 10.1 Å². The van der Waals surface area contributed by atoms with E-state index >= 15 is 0 Å². The van der Waals surface area contributed by atoms with Crippen molar-refractivity contribution in [1.29, 1.82) is 0 Å². The van der Waals surface area contributed by atoms with Gasteiger partial charge in [-0.25, -0.2) is 0 Å². The molecule has 2 atom stereocenters. The fraction of sp³-hybridized carbons (Fsp3) is 0.435. The predicted octanol–water partition coefficient (Wildman–Crippen LogP) is 3.49. The van der Waals surface area contributed by atoms with Gasteiger partial charge in [0, 0.05) is 24.7 Å². The van der Waals surface area contributed by atoms with Crippen molar-refractivity contribution in [2.45, 2.75) is 45.2 Å². The lowest BCUT2D eigenvalue weighted by Gasteiger charge is -2.41. The van der Waals surface area contributed by atoms with Crippen molar-refractivity contribution < 1.29 is 14.3 Å². The molecule has 2 amide bonds. The Kier molecular flexibility index (Phi) is 7.22. The van der Waals surface area contributed by atoms with Gasteiger partial charge in [0.15, 0.2) is 0 Å². The number of unbranched alkanes of at least 4 members (excludes halogenated alkanes) is 1. The zero-order chi connectivity index (χ0) is 20.6. The van der Waals surface area contributed by atoms with E-state index in [1.54, 1.807) is 13.3 Å². The first kappa shape index (κ1) is 20.8. The molecule has 2 unspecified atom stereocenters. The summed E-state index contributed by atoms with van der Waals surface area (Å²) in [5.41, 5.74) is 1.70. The van der Waals surface area contributed by atoms with Crippen LogP contribution in [0.3, 0.4) is 0 Å². The van der Waals surface area contributed by atoms with Crippen LogP contribution in [0.5, 0.6) is 5.75 Å². The highest BCUT2D eigenvalue weighted by atomic mass is 16.5. The maximum Gasteiger partial charge on any atom is 0.225 e. The molecule has 1 saturated heterocycles. The van der Waals surface area contributed by atoms with E-state index in [1.807, 2.05) is 47.4 Å². The number of hydrogen-bond donors (Lipinski definition) is 1. The largest absolute Gasteiger partial charge is 0.496 e. The molecular formula is C23H29N3O3. The maximum atomic E-state index is 13.2. The summed E-state index contributed by atoms with van der Waals surface area (Å²) in [5.74, 6) is 0.421. The fourth-order valence-electron chi connectivity index (χ4n) is 3.93. The van der Waals surface area contributed by atoms with Crippen LogP contribution in [0.1, 0.15) is 49.9 Å². The lowest BCUT2D eigenvalue weighted by Crippen LogP contribution is -2.48. The minimum absolute atomic E-state index is 0.0550. The van der Waals surface area contributed by atoms with Crippen molar-refractivity contribution in [3.05, 3.63) is 59.9 Å². The molecule has 0 saturated carbocycles. The van der Waals surface area contributed by atoms with Gasteiger partial charge in [-0.2, -0.15) is 0 Å². The summed E-state index contributed by atoms with van der Waals surface area (Å²) < 4.78 is 5.56. The summed E-state index contributed by atoms with van der Waals surface area (Å²) >= 11 is 0. The van der Waals surface area contributed by atoms with Gasteiger partial charge in [0.05, 0.1) is 31.3 Å². The number of likely N-dealkylation sites (tertiary alicyclic amines) is 1. The van der Waals surface area contributed by atoms with Gasteiger partial charge < -0.3 is 15.0 Å². The molecule has 1 aromatic carbocycles.